The molecule has 0 amide bonds. The standard InChI is InChI=1S/C17H15ClN2O5S/c1-4-6-24-15-11(18)7-10(8-12(15)23-3)9-13(16(21)22)26-17-20-19-14(5-2)25-17/h1,7-9H,5-6H2,2-3H3,(H,21,22)/p-1/b13-9+. The molecule has 0 saturated heterocycles. The Morgan fingerprint density at radius 1 is 1.50 bits per heavy atom. The van der Waals surface area contributed by atoms with E-state index in [0.29, 0.717) is 23.6 Å². The summed E-state index contributed by atoms with van der Waals surface area (Å²) in [5, 5.41) is 19.3. The Balaban J connectivity index is 2.35. The second-order valence-electron chi connectivity index (χ2n) is 4.74. The van der Waals surface area contributed by atoms with E-state index in [1.807, 2.05) is 6.92 Å². The zero-order chi connectivity index (χ0) is 19.1. The number of thioether (sulfide) groups is 1. The van der Waals surface area contributed by atoms with Crippen LogP contribution < -0.4 is 14.6 Å². The third kappa shape index (κ3) is 4.94. The highest BCUT2D eigenvalue weighted by molar-refractivity contribution is 8.03. The molecule has 0 unspecified atom stereocenters. The first-order valence-electron chi connectivity index (χ1n) is 7.35. The lowest BCUT2D eigenvalue weighted by Gasteiger charge is -2.12. The van der Waals surface area contributed by atoms with Crippen molar-refractivity contribution in [3.8, 4) is 23.8 Å². The van der Waals surface area contributed by atoms with Gasteiger partial charge in [-0.1, -0.05) is 24.4 Å². The van der Waals surface area contributed by atoms with Gasteiger partial charge >= 0.3 is 0 Å². The fraction of sp³-hybridized carbons (Fsp3) is 0.235. The van der Waals surface area contributed by atoms with Crippen molar-refractivity contribution in [2.24, 2.45) is 0 Å². The summed E-state index contributed by atoms with van der Waals surface area (Å²) in [6.45, 7) is 1.86. The maximum atomic E-state index is 11.4. The van der Waals surface area contributed by atoms with Crippen LogP contribution >= 0.6 is 23.4 Å². The molecule has 136 valence electrons. The van der Waals surface area contributed by atoms with Crippen LogP contribution in [0.5, 0.6) is 11.5 Å². The summed E-state index contributed by atoms with van der Waals surface area (Å²) in [5.41, 5.74) is 0.460. The summed E-state index contributed by atoms with van der Waals surface area (Å²) in [7, 11) is 1.43. The Bertz CT molecular complexity index is 873. The number of terminal acetylenes is 1. The van der Waals surface area contributed by atoms with Gasteiger partial charge in [-0.15, -0.1) is 16.6 Å². The minimum Gasteiger partial charge on any atom is -0.544 e. The molecule has 1 aromatic carbocycles. The monoisotopic (exact) mass is 393 g/mol. The number of benzene rings is 1. The van der Waals surface area contributed by atoms with E-state index in [4.69, 9.17) is 31.9 Å². The van der Waals surface area contributed by atoms with E-state index >= 15 is 0 Å². The smallest absolute Gasteiger partial charge is 0.281 e. The van der Waals surface area contributed by atoms with Crippen LogP contribution in [0.1, 0.15) is 18.4 Å². The molecule has 2 rings (SSSR count). The van der Waals surface area contributed by atoms with Crippen molar-refractivity contribution in [3.63, 3.8) is 0 Å². The number of hydrogen-bond donors (Lipinski definition) is 0. The molecule has 0 radical (unpaired) electrons. The first kappa shape index (κ1) is 19.7. The predicted molar refractivity (Wildman–Crippen MR) is 94.8 cm³/mol. The zero-order valence-corrected chi connectivity index (χ0v) is 15.5. The van der Waals surface area contributed by atoms with Crippen molar-refractivity contribution in [1.29, 1.82) is 0 Å². The van der Waals surface area contributed by atoms with Gasteiger partial charge in [-0.25, -0.2) is 0 Å². The van der Waals surface area contributed by atoms with Crippen molar-refractivity contribution >= 4 is 35.4 Å². The van der Waals surface area contributed by atoms with Crippen LogP contribution in [-0.4, -0.2) is 29.9 Å². The molecule has 0 fully saturated rings. The molecule has 1 heterocycles. The van der Waals surface area contributed by atoms with Crippen LogP contribution in [0.25, 0.3) is 6.08 Å². The molecule has 26 heavy (non-hydrogen) atoms. The summed E-state index contributed by atoms with van der Waals surface area (Å²) in [5.74, 6) is 1.93. The lowest BCUT2D eigenvalue weighted by atomic mass is 10.2. The highest BCUT2D eigenvalue weighted by atomic mass is 35.5. The van der Waals surface area contributed by atoms with E-state index in [0.717, 1.165) is 11.8 Å². The highest BCUT2D eigenvalue weighted by Crippen LogP contribution is 2.37. The van der Waals surface area contributed by atoms with E-state index in [2.05, 4.69) is 16.1 Å². The van der Waals surface area contributed by atoms with Gasteiger partial charge in [0.15, 0.2) is 11.5 Å². The average Bonchev–Trinajstić information content (AvgIpc) is 3.07. The Kier molecular flexibility index (Phi) is 6.95. The first-order chi connectivity index (χ1) is 12.5. The number of carboxylic acid groups (broad SMARTS) is 1. The topological polar surface area (TPSA) is 97.5 Å². The summed E-state index contributed by atoms with van der Waals surface area (Å²) in [4.78, 5) is 11.3. The second-order valence-corrected chi connectivity index (χ2v) is 6.14. The quantitative estimate of drug-likeness (QED) is 0.382. The average molecular weight is 394 g/mol. The molecular weight excluding hydrogens is 380 g/mol. The van der Waals surface area contributed by atoms with E-state index in [1.54, 1.807) is 6.07 Å². The van der Waals surface area contributed by atoms with Crippen molar-refractivity contribution in [2.45, 2.75) is 18.6 Å². The van der Waals surface area contributed by atoms with Crippen LogP contribution in [-0.2, 0) is 11.2 Å². The first-order valence-corrected chi connectivity index (χ1v) is 8.55. The van der Waals surface area contributed by atoms with Gasteiger partial charge in [-0.3, -0.25) is 0 Å². The summed E-state index contributed by atoms with van der Waals surface area (Å²) < 4.78 is 15.9. The van der Waals surface area contributed by atoms with Gasteiger partial charge in [0.1, 0.15) is 6.61 Å². The van der Waals surface area contributed by atoms with Crippen LogP contribution in [0.3, 0.4) is 0 Å². The molecule has 0 aliphatic rings. The Labute approximate surface area is 159 Å². The fourth-order valence-corrected chi connectivity index (χ4v) is 2.83. The molecular formula is C17H14ClN2O5S-. The number of aliphatic carboxylic acids is 1. The number of aryl methyl sites for hydroxylation is 1. The van der Waals surface area contributed by atoms with Crippen LogP contribution in [0.4, 0.5) is 0 Å². The van der Waals surface area contributed by atoms with Gasteiger partial charge in [0.2, 0.25) is 5.89 Å². The Morgan fingerprint density at radius 2 is 2.27 bits per heavy atom. The number of carbonyl (C=O) groups excluding carboxylic acids is 1. The number of aromatic nitrogens is 2. The minimum atomic E-state index is -1.39. The number of halogens is 1. The largest absolute Gasteiger partial charge is 0.544 e. The highest BCUT2D eigenvalue weighted by Gasteiger charge is 2.14. The van der Waals surface area contributed by atoms with Gasteiger partial charge in [0.25, 0.3) is 5.22 Å². The number of carboxylic acids is 1. The van der Waals surface area contributed by atoms with E-state index in [9.17, 15) is 9.90 Å². The number of carbonyl (C=O) groups is 1. The van der Waals surface area contributed by atoms with E-state index in [1.165, 1.54) is 19.3 Å². The fourth-order valence-electron chi connectivity index (χ4n) is 1.87. The number of hydrogen-bond acceptors (Lipinski definition) is 8. The normalized spacial score (nSPS) is 11.1. The number of nitrogens with zero attached hydrogens (tertiary/aromatic N) is 2. The molecule has 2 aromatic rings. The van der Waals surface area contributed by atoms with E-state index < -0.39 is 5.97 Å². The third-order valence-electron chi connectivity index (χ3n) is 3.00. The Morgan fingerprint density at radius 3 is 2.85 bits per heavy atom. The lowest BCUT2D eigenvalue weighted by molar-refractivity contribution is -0.298. The molecule has 0 bridgehead atoms. The summed E-state index contributed by atoms with van der Waals surface area (Å²) in [6, 6.07) is 3.08. The van der Waals surface area contributed by atoms with Crippen LogP contribution in [0.2, 0.25) is 5.02 Å². The predicted octanol–water partition coefficient (Wildman–Crippen LogP) is 2.19. The van der Waals surface area contributed by atoms with E-state index in [-0.39, 0.29) is 27.5 Å². The molecule has 0 atom stereocenters. The zero-order valence-electron chi connectivity index (χ0n) is 13.9. The van der Waals surface area contributed by atoms with Gasteiger partial charge < -0.3 is 23.8 Å². The molecule has 0 N–H and O–H groups in total. The molecule has 0 saturated carbocycles. The van der Waals surface area contributed by atoms with Crippen molar-refractivity contribution in [3.05, 3.63) is 33.5 Å². The minimum absolute atomic E-state index is 0.0162. The third-order valence-corrected chi connectivity index (χ3v) is 4.12. The summed E-state index contributed by atoms with van der Waals surface area (Å²) >= 11 is 6.96. The maximum Gasteiger partial charge on any atom is 0.281 e. The number of ether oxygens (including phenoxy) is 2. The van der Waals surface area contributed by atoms with Crippen molar-refractivity contribution in [1.82, 2.24) is 10.2 Å². The van der Waals surface area contributed by atoms with Crippen molar-refractivity contribution in [2.75, 3.05) is 13.7 Å². The maximum absolute atomic E-state index is 11.4. The van der Waals surface area contributed by atoms with Gasteiger partial charge in [0, 0.05) is 11.3 Å². The molecule has 0 spiro atoms. The molecule has 9 heteroatoms. The number of rotatable bonds is 8. The molecule has 0 aliphatic heterocycles. The lowest BCUT2D eigenvalue weighted by Crippen LogP contribution is -2.23. The van der Waals surface area contributed by atoms with Gasteiger partial charge in [-0.05, 0) is 35.5 Å². The van der Waals surface area contributed by atoms with Crippen LogP contribution in [0.15, 0.2) is 26.7 Å². The van der Waals surface area contributed by atoms with Gasteiger partial charge in [-0.2, -0.15) is 0 Å². The SMILES string of the molecule is C#CCOc1c(Cl)cc(/C=C(/Sc2nnc(CC)o2)C(=O)[O-])cc1OC. The van der Waals surface area contributed by atoms with Gasteiger partial charge in [0.05, 0.1) is 18.1 Å². The second kappa shape index (κ2) is 9.17. The van der Waals surface area contributed by atoms with Crippen LogP contribution in [0, 0.1) is 12.3 Å². The molecule has 0 aliphatic carbocycles. The Hall–Kier alpha value is -2.63. The molecule has 7 nitrogen and oxygen atoms in total. The number of methoxy groups -OCH3 is 1. The summed E-state index contributed by atoms with van der Waals surface area (Å²) in [6.07, 6.45) is 7.07. The van der Waals surface area contributed by atoms with Crippen molar-refractivity contribution < 1.29 is 23.8 Å². The molecule has 1 aromatic heterocycles.